The molecule has 0 N–H and O–H groups in total. The molecule has 0 aliphatic heterocycles. The van der Waals surface area contributed by atoms with Gasteiger partial charge in [-0.05, 0) is 110 Å². The van der Waals surface area contributed by atoms with Crippen molar-refractivity contribution >= 4 is 49.8 Å². The molecule has 0 radical (unpaired) electrons. The van der Waals surface area contributed by atoms with Crippen molar-refractivity contribution in [2.24, 2.45) is 0 Å². The number of nitrogens with zero attached hydrogens (tertiary/aromatic N) is 1. The van der Waals surface area contributed by atoms with E-state index in [1.807, 2.05) is 0 Å². The quantitative estimate of drug-likeness (QED) is 0.169. The fourth-order valence-corrected chi connectivity index (χ4v) is 9.30. The summed E-state index contributed by atoms with van der Waals surface area (Å²) in [6.07, 6.45) is 0. The van der Waals surface area contributed by atoms with E-state index >= 15 is 0 Å². The smallest absolute Gasteiger partial charge is 0.136 e. The number of fused-ring (bicyclic) bond motifs is 7. The maximum atomic E-state index is 6.54. The molecule has 11 rings (SSSR count). The number of furan rings is 1. The topological polar surface area (TPSA) is 16.4 Å². The zero-order chi connectivity index (χ0) is 38.1. The van der Waals surface area contributed by atoms with Crippen LogP contribution in [0.1, 0.15) is 25.0 Å². The first-order valence-electron chi connectivity index (χ1n) is 19.8. The highest BCUT2D eigenvalue weighted by atomic mass is 16.3. The molecular formula is C55H39NO. The zero-order valence-corrected chi connectivity index (χ0v) is 31.9. The molecular weight excluding hydrogens is 691 g/mol. The summed E-state index contributed by atoms with van der Waals surface area (Å²) in [4.78, 5) is 2.46. The standard InChI is InChI=1S/C55H39NO/c1-55(2)48-24-11-8-21-43(48)44-30-29-42(35-49(44)55)56(41-20-14-19-39(34-41)36-15-4-3-5-16-36)50-25-12-9-22-45(50)46-31-32-52-54(47-23-10-13-26-51(47)57-52)53(46)40-28-27-37-17-6-7-18-38(37)33-40/h3-35H,1-2H3. The van der Waals surface area contributed by atoms with Gasteiger partial charge in [0.15, 0.2) is 0 Å². The highest BCUT2D eigenvalue weighted by molar-refractivity contribution is 6.17. The van der Waals surface area contributed by atoms with E-state index < -0.39 is 0 Å². The predicted octanol–water partition coefficient (Wildman–Crippen LogP) is 15.5. The van der Waals surface area contributed by atoms with Crippen LogP contribution in [0.4, 0.5) is 17.1 Å². The lowest BCUT2D eigenvalue weighted by Gasteiger charge is -2.30. The number of anilines is 3. The van der Waals surface area contributed by atoms with Gasteiger partial charge in [-0.2, -0.15) is 0 Å². The maximum absolute atomic E-state index is 6.54. The third kappa shape index (κ3) is 5.33. The van der Waals surface area contributed by atoms with Gasteiger partial charge in [0.2, 0.25) is 0 Å². The van der Waals surface area contributed by atoms with Crippen LogP contribution < -0.4 is 4.90 Å². The van der Waals surface area contributed by atoms with Gasteiger partial charge in [0.25, 0.3) is 0 Å². The second-order valence-electron chi connectivity index (χ2n) is 15.7. The molecule has 0 unspecified atom stereocenters. The lowest BCUT2D eigenvalue weighted by molar-refractivity contribution is 0.660. The average molecular weight is 730 g/mol. The molecule has 0 amide bonds. The van der Waals surface area contributed by atoms with Crippen molar-refractivity contribution < 1.29 is 4.42 Å². The van der Waals surface area contributed by atoms with Gasteiger partial charge in [-0.1, -0.05) is 159 Å². The second kappa shape index (κ2) is 13.0. The van der Waals surface area contributed by atoms with Gasteiger partial charge in [-0.25, -0.2) is 0 Å². The second-order valence-corrected chi connectivity index (χ2v) is 15.7. The SMILES string of the molecule is CC1(C)c2ccccc2-c2ccc(N(c3cccc(-c4ccccc4)c3)c3ccccc3-c3ccc4oc5ccccc5c4c3-c3ccc4ccccc4c3)cc21. The van der Waals surface area contributed by atoms with Crippen LogP contribution in [0.15, 0.2) is 205 Å². The minimum Gasteiger partial charge on any atom is -0.456 e. The number of benzene rings is 9. The normalized spacial score (nSPS) is 12.9. The Morgan fingerprint density at radius 2 is 1.09 bits per heavy atom. The first-order chi connectivity index (χ1) is 28.0. The van der Waals surface area contributed by atoms with Crippen LogP contribution in [0.3, 0.4) is 0 Å². The van der Waals surface area contributed by atoms with E-state index in [9.17, 15) is 0 Å². The van der Waals surface area contributed by atoms with Crippen LogP contribution in [0.2, 0.25) is 0 Å². The Morgan fingerprint density at radius 3 is 1.98 bits per heavy atom. The monoisotopic (exact) mass is 729 g/mol. The first-order valence-corrected chi connectivity index (χ1v) is 19.8. The average Bonchev–Trinajstić information content (AvgIpc) is 3.76. The van der Waals surface area contributed by atoms with E-state index in [0.29, 0.717) is 0 Å². The van der Waals surface area contributed by atoms with E-state index in [2.05, 4.69) is 219 Å². The van der Waals surface area contributed by atoms with Gasteiger partial charge >= 0.3 is 0 Å². The molecule has 1 aliphatic rings. The molecule has 0 atom stereocenters. The summed E-state index contributed by atoms with van der Waals surface area (Å²) in [5, 5.41) is 4.67. The van der Waals surface area contributed by atoms with Crippen molar-refractivity contribution in [1.29, 1.82) is 0 Å². The van der Waals surface area contributed by atoms with Crippen LogP contribution in [-0.4, -0.2) is 0 Å². The largest absolute Gasteiger partial charge is 0.456 e. The Morgan fingerprint density at radius 1 is 0.404 bits per heavy atom. The first kappa shape index (κ1) is 33.2. The molecule has 0 saturated carbocycles. The van der Waals surface area contributed by atoms with Crippen LogP contribution in [0, 0.1) is 0 Å². The molecule has 0 fully saturated rings. The Balaban J connectivity index is 1.19. The molecule has 10 aromatic rings. The summed E-state index contributed by atoms with van der Waals surface area (Å²) in [5.41, 5.74) is 17.3. The Hall–Kier alpha value is -7.16. The Bertz CT molecular complexity index is 3170. The summed E-state index contributed by atoms with van der Waals surface area (Å²) in [6.45, 7) is 4.71. The predicted molar refractivity (Wildman–Crippen MR) is 240 cm³/mol. The van der Waals surface area contributed by atoms with Gasteiger partial charge in [-0.3, -0.25) is 0 Å². The molecule has 1 aliphatic carbocycles. The third-order valence-corrected chi connectivity index (χ3v) is 12.1. The molecule has 0 bridgehead atoms. The number of rotatable bonds is 6. The molecule has 1 heterocycles. The summed E-state index contributed by atoms with van der Waals surface area (Å²) < 4.78 is 6.54. The lowest BCUT2D eigenvalue weighted by atomic mass is 9.82. The van der Waals surface area contributed by atoms with Crippen LogP contribution in [0.25, 0.3) is 77.2 Å². The van der Waals surface area contributed by atoms with Gasteiger partial charge < -0.3 is 9.32 Å². The Labute approximate surface area is 332 Å². The van der Waals surface area contributed by atoms with E-state index in [1.54, 1.807) is 0 Å². The fourth-order valence-electron chi connectivity index (χ4n) is 9.30. The minimum atomic E-state index is -0.143. The third-order valence-electron chi connectivity index (χ3n) is 12.1. The van der Waals surface area contributed by atoms with Crippen molar-refractivity contribution in [2.75, 3.05) is 4.90 Å². The summed E-state index contributed by atoms with van der Waals surface area (Å²) in [5.74, 6) is 0. The molecule has 57 heavy (non-hydrogen) atoms. The zero-order valence-electron chi connectivity index (χ0n) is 31.9. The van der Waals surface area contributed by atoms with Crippen LogP contribution in [0.5, 0.6) is 0 Å². The van der Waals surface area contributed by atoms with E-state index in [-0.39, 0.29) is 5.41 Å². The summed E-state index contributed by atoms with van der Waals surface area (Å²) in [7, 11) is 0. The number of hydrogen-bond acceptors (Lipinski definition) is 2. The highest BCUT2D eigenvalue weighted by Crippen LogP contribution is 2.52. The van der Waals surface area contributed by atoms with Crippen molar-refractivity contribution in [2.45, 2.75) is 19.3 Å². The van der Waals surface area contributed by atoms with Gasteiger partial charge in [0.05, 0.1) is 5.69 Å². The fraction of sp³-hybridized carbons (Fsp3) is 0.0545. The van der Waals surface area contributed by atoms with Crippen molar-refractivity contribution in [1.82, 2.24) is 0 Å². The molecule has 270 valence electrons. The minimum absolute atomic E-state index is 0.143. The van der Waals surface area contributed by atoms with Gasteiger partial charge in [0.1, 0.15) is 11.2 Å². The molecule has 0 spiro atoms. The van der Waals surface area contributed by atoms with Crippen LogP contribution >= 0.6 is 0 Å². The number of hydrogen-bond donors (Lipinski definition) is 0. The molecule has 0 saturated heterocycles. The number of para-hydroxylation sites is 2. The van der Waals surface area contributed by atoms with E-state index in [4.69, 9.17) is 4.42 Å². The highest BCUT2D eigenvalue weighted by Gasteiger charge is 2.36. The van der Waals surface area contributed by atoms with Gasteiger partial charge in [-0.15, -0.1) is 0 Å². The van der Waals surface area contributed by atoms with Crippen molar-refractivity contribution in [3.63, 3.8) is 0 Å². The molecule has 1 aromatic heterocycles. The lowest BCUT2D eigenvalue weighted by Crippen LogP contribution is -2.17. The summed E-state index contributed by atoms with van der Waals surface area (Å²) in [6, 6.07) is 72.8. The van der Waals surface area contributed by atoms with Crippen molar-refractivity contribution in [3.8, 4) is 44.5 Å². The van der Waals surface area contributed by atoms with E-state index in [1.165, 1.54) is 49.7 Å². The van der Waals surface area contributed by atoms with Gasteiger partial charge in [0, 0.05) is 38.7 Å². The molecule has 9 aromatic carbocycles. The van der Waals surface area contributed by atoms with E-state index in [0.717, 1.165) is 55.7 Å². The van der Waals surface area contributed by atoms with Crippen molar-refractivity contribution in [3.05, 3.63) is 211 Å². The summed E-state index contributed by atoms with van der Waals surface area (Å²) >= 11 is 0. The molecule has 2 heteroatoms. The molecule has 2 nitrogen and oxygen atoms in total. The maximum Gasteiger partial charge on any atom is 0.136 e. The van der Waals surface area contributed by atoms with Crippen LogP contribution in [-0.2, 0) is 5.41 Å². The Kier molecular flexibility index (Phi) is 7.55.